The number of thioether (sulfide) groups is 1. The Bertz CT molecular complexity index is 851. The molecule has 0 aromatic heterocycles. The van der Waals surface area contributed by atoms with E-state index in [4.69, 9.17) is 10.8 Å². The van der Waals surface area contributed by atoms with Crippen molar-refractivity contribution in [1.82, 2.24) is 20.9 Å². The van der Waals surface area contributed by atoms with Gasteiger partial charge in [0.15, 0.2) is 0 Å². The lowest BCUT2D eigenvalue weighted by Crippen LogP contribution is -2.37. The molecule has 1 aliphatic carbocycles. The number of rotatable bonds is 9. The molecule has 0 unspecified atom stereocenters. The predicted molar refractivity (Wildman–Crippen MR) is 117 cm³/mol. The lowest BCUT2D eigenvalue weighted by atomic mass is 10.1. The van der Waals surface area contributed by atoms with Gasteiger partial charge < -0.3 is 20.9 Å². The van der Waals surface area contributed by atoms with E-state index in [-0.39, 0.29) is 35.6 Å². The highest BCUT2D eigenvalue weighted by Crippen LogP contribution is 2.31. The first-order valence-corrected chi connectivity index (χ1v) is 9.93. The molecule has 0 bridgehead atoms. The van der Waals surface area contributed by atoms with Crippen LogP contribution in [0.25, 0.3) is 0 Å². The van der Waals surface area contributed by atoms with Crippen LogP contribution in [0.2, 0.25) is 0 Å². The van der Waals surface area contributed by atoms with E-state index in [1.807, 2.05) is 24.2 Å². The van der Waals surface area contributed by atoms with Gasteiger partial charge in [0.2, 0.25) is 5.91 Å². The lowest BCUT2D eigenvalue weighted by Gasteiger charge is -2.26. The fraction of sp³-hybridized carbons (Fsp3) is 0.300. The summed E-state index contributed by atoms with van der Waals surface area (Å²) >= 11 is 1.45. The third-order valence-corrected chi connectivity index (χ3v) is 5.21. The average Bonchev–Trinajstić information content (AvgIpc) is 3.53. The Labute approximate surface area is 174 Å². The minimum absolute atomic E-state index is 0.0462. The van der Waals surface area contributed by atoms with Crippen LogP contribution in [0.15, 0.2) is 58.8 Å². The standard InChI is InChI=1S/C20H26N6O2S/c1-5-29-16-8-9-26(4)12(2)14(16)11-24-15(18(22)20(28)23-3)10-17(21)25-19(27)13-6-7-13/h5,8-10,13,22,24H,1-2,6-7,11H2,3-4H3,(H,23,28)(H2,21,25,27)/b15-10+,22-18?. The normalized spacial score (nSPS) is 16.4. The maximum atomic E-state index is 12.0. The van der Waals surface area contributed by atoms with Crippen molar-refractivity contribution in [3.05, 3.63) is 58.8 Å². The van der Waals surface area contributed by atoms with Crippen molar-refractivity contribution >= 4 is 35.1 Å². The Balaban J connectivity index is 2.22. The zero-order chi connectivity index (χ0) is 21.6. The summed E-state index contributed by atoms with van der Waals surface area (Å²) in [6.07, 6.45) is 6.75. The lowest BCUT2D eigenvalue weighted by molar-refractivity contribution is -0.120. The molecule has 0 radical (unpaired) electrons. The van der Waals surface area contributed by atoms with Crippen LogP contribution in [0, 0.1) is 16.7 Å². The molecule has 154 valence electrons. The maximum Gasteiger partial charge on any atom is 0.271 e. The molecule has 1 aliphatic heterocycles. The quantitative estimate of drug-likeness (QED) is 0.291. The van der Waals surface area contributed by atoms with E-state index >= 15 is 0 Å². The molecule has 9 heteroatoms. The second-order valence-electron chi connectivity index (χ2n) is 6.54. The van der Waals surface area contributed by atoms with E-state index in [9.17, 15) is 9.59 Å². The van der Waals surface area contributed by atoms with Crippen LogP contribution in [0.1, 0.15) is 12.8 Å². The summed E-state index contributed by atoms with van der Waals surface area (Å²) < 4.78 is 0. The van der Waals surface area contributed by atoms with E-state index < -0.39 is 5.91 Å². The number of hydrogen-bond donors (Lipinski definition) is 5. The van der Waals surface area contributed by atoms with Crippen molar-refractivity contribution in [2.24, 2.45) is 5.92 Å². The Kier molecular flexibility index (Phi) is 7.60. The topological polar surface area (TPSA) is 121 Å². The van der Waals surface area contributed by atoms with Gasteiger partial charge in [-0.2, -0.15) is 0 Å². The Morgan fingerprint density at radius 1 is 1.38 bits per heavy atom. The van der Waals surface area contributed by atoms with E-state index in [0.29, 0.717) is 0 Å². The molecule has 5 N–H and O–H groups in total. The smallest absolute Gasteiger partial charge is 0.271 e. The number of amidine groups is 1. The van der Waals surface area contributed by atoms with Crippen LogP contribution in [-0.4, -0.2) is 48.9 Å². The number of likely N-dealkylation sites (N-methyl/N-ethyl adjacent to an activating group) is 1. The van der Waals surface area contributed by atoms with Crippen LogP contribution < -0.4 is 16.0 Å². The average molecular weight is 415 g/mol. The zero-order valence-electron chi connectivity index (χ0n) is 16.6. The van der Waals surface area contributed by atoms with Gasteiger partial charge in [-0.3, -0.25) is 20.4 Å². The molecule has 29 heavy (non-hydrogen) atoms. The molecule has 0 aromatic rings. The highest BCUT2D eigenvalue weighted by molar-refractivity contribution is 8.06. The minimum atomic E-state index is -0.598. The first-order valence-electron chi connectivity index (χ1n) is 9.05. The molecule has 0 spiro atoms. The summed E-state index contributed by atoms with van der Waals surface area (Å²) in [6.45, 7) is 8.11. The highest BCUT2D eigenvalue weighted by atomic mass is 32.2. The zero-order valence-corrected chi connectivity index (χ0v) is 17.4. The van der Waals surface area contributed by atoms with Crippen molar-refractivity contribution in [2.45, 2.75) is 12.8 Å². The van der Waals surface area contributed by atoms with Gasteiger partial charge in [0.05, 0.1) is 5.70 Å². The van der Waals surface area contributed by atoms with Crippen molar-refractivity contribution in [3.63, 3.8) is 0 Å². The first-order chi connectivity index (χ1) is 13.8. The summed E-state index contributed by atoms with van der Waals surface area (Å²) in [5.41, 5.74) is 1.45. The number of carbonyl (C=O) groups is 2. The van der Waals surface area contributed by atoms with E-state index in [1.165, 1.54) is 24.9 Å². The molecule has 8 nitrogen and oxygen atoms in total. The van der Waals surface area contributed by atoms with Gasteiger partial charge >= 0.3 is 0 Å². The van der Waals surface area contributed by atoms with E-state index in [1.54, 1.807) is 5.41 Å². The minimum Gasteiger partial charge on any atom is -0.379 e. The van der Waals surface area contributed by atoms with Gasteiger partial charge in [-0.15, -0.1) is 0 Å². The number of allylic oxidation sites excluding steroid dienone is 1. The summed E-state index contributed by atoms with van der Waals surface area (Å²) in [6, 6.07) is 0. The third kappa shape index (κ3) is 5.95. The van der Waals surface area contributed by atoms with Crippen molar-refractivity contribution < 1.29 is 9.59 Å². The summed E-state index contributed by atoms with van der Waals surface area (Å²) in [7, 11) is 3.30. The molecule has 2 rings (SSSR count). The molecule has 2 amide bonds. The van der Waals surface area contributed by atoms with Crippen LogP contribution in [0.5, 0.6) is 0 Å². The fourth-order valence-electron chi connectivity index (χ4n) is 2.52. The van der Waals surface area contributed by atoms with Crippen molar-refractivity contribution in [1.29, 1.82) is 10.8 Å². The summed E-state index contributed by atoms with van der Waals surface area (Å²) in [5.74, 6) is -1.03. The Morgan fingerprint density at radius 3 is 2.66 bits per heavy atom. The first kappa shape index (κ1) is 22.2. The summed E-state index contributed by atoms with van der Waals surface area (Å²) in [4.78, 5) is 26.7. The number of nitrogens with one attached hydrogen (secondary N) is 5. The SMILES string of the molecule is C=CSC1=C(CN/C(=C/C(=N)NC(=O)C2CC2)C(=N)C(=O)NC)C(=C)N(C)C=C1. The van der Waals surface area contributed by atoms with Crippen molar-refractivity contribution in [3.8, 4) is 0 Å². The summed E-state index contributed by atoms with van der Waals surface area (Å²) in [5, 5.41) is 25.8. The second kappa shape index (κ2) is 9.92. The number of hydrogen-bond acceptors (Lipinski definition) is 7. The monoisotopic (exact) mass is 414 g/mol. The van der Waals surface area contributed by atoms with Gasteiger partial charge in [-0.1, -0.05) is 24.9 Å². The van der Waals surface area contributed by atoms with Gasteiger partial charge in [-0.25, -0.2) is 0 Å². The van der Waals surface area contributed by atoms with Crippen LogP contribution in [-0.2, 0) is 9.59 Å². The van der Waals surface area contributed by atoms with Crippen molar-refractivity contribution in [2.75, 3.05) is 20.6 Å². The highest BCUT2D eigenvalue weighted by Gasteiger charge is 2.30. The molecule has 1 heterocycles. The van der Waals surface area contributed by atoms with Crippen LogP contribution in [0.3, 0.4) is 0 Å². The van der Waals surface area contributed by atoms with Crippen LogP contribution in [0.4, 0.5) is 0 Å². The molecule has 0 saturated heterocycles. The molecular formula is C20H26N6O2S. The fourth-order valence-corrected chi connectivity index (χ4v) is 3.17. The molecule has 0 atom stereocenters. The Hall–Kier alpha value is -3.07. The van der Waals surface area contributed by atoms with Gasteiger partial charge in [-0.05, 0) is 24.3 Å². The van der Waals surface area contributed by atoms with E-state index in [2.05, 4.69) is 29.1 Å². The molecule has 1 fully saturated rings. The molecule has 0 aromatic carbocycles. The van der Waals surface area contributed by atoms with Crippen LogP contribution >= 0.6 is 11.8 Å². The maximum absolute atomic E-state index is 12.0. The number of carbonyl (C=O) groups excluding carboxylic acids is 2. The molecule has 2 aliphatic rings. The Morgan fingerprint density at radius 2 is 2.07 bits per heavy atom. The van der Waals surface area contributed by atoms with Gasteiger partial charge in [0, 0.05) is 55.0 Å². The van der Waals surface area contributed by atoms with Gasteiger partial charge in [0.25, 0.3) is 5.91 Å². The second-order valence-corrected chi connectivity index (χ2v) is 7.55. The molecular weight excluding hydrogens is 388 g/mol. The van der Waals surface area contributed by atoms with E-state index in [0.717, 1.165) is 29.0 Å². The predicted octanol–water partition coefficient (Wildman–Crippen LogP) is 1.83. The number of amides is 2. The number of nitrogens with zero attached hydrogens (tertiary/aromatic N) is 1. The molecule has 1 saturated carbocycles. The van der Waals surface area contributed by atoms with Gasteiger partial charge in [0.1, 0.15) is 11.5 Å². The third-order valence-electron chi connectivity index (χ3n) is 4.41. The largest absolute Gasteiger partial charge is 0.379 e.